The van der Waals surface area contributed by atoms with Gasteiger partial charge >= 0.3 is 0 Å². The minimum Gasteiger partial charge on any atom is -0.491 e. The Morgan fingerprint density at radius 2 is 1.83 bits per heavy atom. The maximum absolute atomic E-state index is 5.79. The minimum atomic E-state index is 0.265. The minimum absolute atomic E-state index is 0.265. The lowest BCUT2D eigenvalue weighted by molar-refractivity contribution is 0.0679. The molecular formula is C20H25NO2. The molecule has 1 aliphatic heterocycles. The third kappa shape index (κ3) is 4.73. The average molecular weight is 311 g/mol. The van der Waals surface area contributed by atoms with Crippen LogP contribution in [0.1, 0.15) is 29.5 Å². The summed E-state index contributed by atoms with van der Waals surface area (Å²) in [6.07, 6.45) is 2.52. The summed E-state index contributed by atoms with van der Waals surface area (Å²) in [5.74, 6) is 0.913. The SMILES string of the molecule is Cc1cc(C)cc(NCc2ccc(OCC3CCCO3)cc2)c1. The van der Waals surface area contributed by atoms with Gasteiger partial charge in [-0.3, -0.25) is 0 Å². The number of ether oxygens (including phenoxy) is 2. The van der Waals surface area contributed by atoms with Gasteiger partial charge in [-0.2, -0.15) is 0 Å². The molecule has 3 heteroatoms. The maximum atomic E-state index is 5.79. The van der Waals surface area contributed by atoms with Crippen LogP contribution in [0.5, 0.6) is 5.75 Å². The third-order valence-electron chi connectivity index (χ3n) is 4.10. The summed E-state index contributed by atoms with van der Waals surface area (Å²) in [4.78, 5) is 0. The van der Waals surface area contributed by atoms with E-state index in [0.717, 1.165) is 31.7 Å². The van der Waals surface area contributed by atoms with E-state index >= 15 is 0 Å². The lowest BCUT2D eigenvalue weighted by atomic mass is 10.1. The number of hydrogen-bond donors (Lipinski definition) is 1. The van der Waals surface area contributed by atoms with E-state index in [1.54, 1.807) is 0 Å². The van der Waals surface area contributed by atoms with Crippen molar-refractivity contribution in [3.8, 4) is 5.75 Å². The topological polar surface area (TPSA) is 30.5 Å². The molecule has 1 aliphatic rings. The molecule has 1 saturated heterocycles. The molecule has 2 aromatic carbocycles. The summed E-state index contributed by atoms with van der Waals surface area (Å²) in [6.45, 7) is 6.59. The molecule has 122 valence electrons. The first-order chi connectivity index (χ1) is 11.2. The summed E-state index contributed by atoms with van der Waals surface area (Å²) < 4.78 is 11.4. The molecule has 1 atom stereocenters. The van der Waals surface area contributed by atoms with E-state index in [1.807, 2.05) is 12.1 Å². The highest BCUT2D eigenvalue weighted by Crippen LogP contribution is 2.18. The van der Waals surface area contributed by atoms with E-state index in [9.17, 15) is 0 Å². The summed E-state index contributed by atoms with van der Waals surface area (Å²) in [5.41, 5.74) is 4.98. The highest BCUT2D eigenvalue weighted by molar-refractivity contribution is 5.48. The van der Waals surface area contributed by atoms with Gasteiger partial charge in [-0.1, -0.05) is 18.2 Å². The molecule has 1 N–H and O–H groups in total. The van der Waals surface area contributed by atoms with Crippen molar-refractivity contribution < 1.29 is 9.47 Å². The van der Waals surface area contributed by atoms with E-state index in [1.165, 1.54) is 22.4 Å². The first-order valence-electron chi connectivity index (χ1n) is 8.34. The number of rotatable bonds is 6. The van der Waals surface area contributed by atoms with E-state index in [-0.39, 0.29) is 6.10 Å². The molecule has 0 aliphatic carbocycles. The molecule has 3 nitrogen and oxygen atoms in total. The highest BCUT2D eigenvalue weighted by Gasteiger charge is 2.15. The van der Waals surface area contributed by atoms with Crippen LogP contribution < -0.4 is 10.1 Å². The molecule has 1 heterocycles. The Morgan fingerprint density at radius 1 is 1.09 bits per heavy atom. The second kappa shape index (κ2) is 7.51. The number of hydrogen-bond acceptors (Lipinski definition) is 3. The molecule has 0 bridgehead atoms. The van der Waals surface area contributed by atoms with Gasteiger partial charge in [-0.05, 0) is 67.6 Å². The van der Waals surface area contributed by atoms with Crippen LogP contribution in [-0.4, -0.2) is 19.3 Å². The number of benzene rings is 2. The fourth-order valence-corrected chi connectivity index (χ4v) is 2.95. The van der Waals surface area contributed by atoms with Crippen molar-refractivity contribution in [2.75, 3.05) is 18.5 Å². The van der Waals surface area contributed by atoms with Crippen molar-refractivity contribution in [2.45, 2.75) is 39.3 Å². The highest BCUT2D eigenvalue weighted by atomic mass is 16.5. The van der Waals surface area contributed by atoms with Gasteiger partial charge in [0.1, 0.15) is 12.4 Å². The molecule has 1 fully saturated rings. The Morgan fingerprint density at radius 3 is 2.48 bits per heavy atom. The normalized spacial score (nSPS) is 17.2. The van der Waals surface area contributed by atoms with Crippen molar-refractivity contribution in [3.63, 3.8) is 0 Å². The third-order valence-corrected chi connectivity index (χ3v) is 4.10. The summed E-state index contributed by atoms with van der Waals surface area (Å²) in [6, 6.07) is 14.8. The molecular weight excluding hydrogens is 286 g/mol. The van der Waals surface area contributed by atoms with Crippen LogP contribution in [0, 0.1) is 13.8 Å². The van der Waals surface area contributed by atoms with Gasteiger partial charge in [0.2, 0.25) is 0 Å². The molecule has 0 saturated carbocycles. The molecule has 2 aromatic rings. The smallest absolute Gasteiger partial charge is 0.119 e. The summed E-state index contributed by atoms with van der Waals surface area (Å²) in [7, 11) is 0. The number of aryl methyl sites for hydroxylation is 2. The Bertz CT molecular complexity index is 610. The van der Waals surface area contributed by atoms with Crippen molar-refractivity contribution in [2.24, 2.45) is 0 Å². The average Bonchev–Trinajstić information content (AvgIpc) is 3.04. The quantitative estimate of drug-likeness (QED) is 0.853. The summed E-state index contributed by atoms with van der Waals surface area (Å²) >= 11 is 0. The number of anilines is 1. The largest absolute Gasteiger partial charge is 0.491 e. The predicted molar refractivity (Wildman–Crippen MR) is 94.2 cm³/mol. The second-order valence-electron chi connectivity index (χ2n) is 6.32. The van der Waals surface area contributed by atoms with Crippen LogP contribution in [0.3, 0.4) is 0 Å². The van der Waals surface area contributed by atoms with E-state index in [0.29, 0.717) is 6.61 Å². The molecule has 1 unspecified atom stereocenters. The second-order valence-corrected chi connectivity index (χ2v) is 6.32. The van der Waals surface area contributed by atoms with Crippen LogP contribution in [-0.2, 0) is 11.3 Å². The lowest BCUT2D eigenvalue weighted by Gasteiger charge is -2.12. The zero-order valence-electron chi connectivity index (χ0n) is 14.0. The van der Waals surface area contributed by atoms with E-state index in [2.05, 4.69) is 49.5 Å². The fraction of sp³-hybridized carbons (Fsp3) is 0.400. The molecule has 0 amide bonds. The number of nitrogens with one attached hydrogen (secondary N) is 1. The first kappa shape index (κ1) is 15.9. The molecule has 23 heavy (non-hydrogen) atoms. The van der Waals surface area contributed by atoms with Gasteiger partial charge in [-0.15, -0.1) is 0 Å². The van der Waals surface area contributed by atoms with Crippen LogP contribution >= 0.6 is 0 Å². The van der Waals surface area contributed by atoms with Gasteiger partial charge in [0.25, 0.3) is 0 Å². The summed E-state index contributed by atoms with van der Waals surface area (Å²) in [5, 5.41) is 3.48. The standard InChI is InChI=1S/C20H25NO2/c1-15-10-16(2)12-18(11-15)21-13-17-5-7-19(8-6-17)23-14-20-4-3-9-22-20/h5-8,10-12,20-21H,3-4,9,13-14H2,1-2H3. The molecule has 3 rings (SSSR count). The van der Waals surface area contributed by atoms with E-state index < -0.39 is 0 Å². The Labute approximate surface area is 138 Å². The fourth-order valence-electron chi connectivity index (χ4n) is 2.95. The van der Waals surface area contributed by atoms with E-state index in [4.69, 9.17) is 9.47 Å². The van der Waals surface area contributed by atoms with Gasteiger partial charge in [0.15, 0.2) is 0 Å². The van der Waals surface area contributed by atoms with Crippen molar-refractivity contribution in [3.05, 3.63) is 59.2 Å². The van der Waals surface area contributed by atoms with Gasteiger partial charge in [0.05, 0.1) is 6.10 Å². The monoisotopic (exact) mass is 311 g/mol. The van der Waals surface area contributed by atoms with Gasteiger partial charge < -0.3 is 14.8 Å². The zero-order chi connectivity index (χ0) is 16.1. The lowest BCUT2D eigenvalue weighted by Crippen LogP contribution is -2.16. The van der Waals surface area contributed by atoms with Gasteiger partial charge in [0, 0.05) is 18.8 Å². The Hall–Kier alpha value is -2.00. The molecule has 0 aromatic heterocycles. The van der Waals surface area contributed by atoms with Crippen molar-refractivity contribution in [1.82, 2.24) is 0 Å². The van der Waals surface area contributed by atoms with Crippen molar-refractivity contribution >= 4 is 5.69 Å². The maximum Gasteiger partial charge on any atom is 0.119 e. The first-order valence-corrected chi connectivity index (χ1v) is 8.34. The van der Waals surface area contributed by atoms with Crippen LogP contribution in [0.15, 0.2) is 42.5 Å². The van der Waals surface area contributed by atoms with Crippen molar-refractivity contribution in [1.29, 1.82) is 0 Å². The molecule has 0 radical (unpaired) electrons. The van der Waals surface area contributed by atoms with Crippen LogP contribution in [0.2, 0.25) is 0 Å². The van der Waals surface area contributed by atoms with Gasteiger partial charge in [-0.25, -0.2) is 0 Å². The van der Waals surface area contributed by atoms with Crippen LogP contribution in [0.4, 0.5) is 5.69 Å². The Kier molecular flexibility index (Phi) is 5.19. The Balaban J connectivity index is 1.50. The zero-order valence-corrected chi connectivity index (χ0v) is 14.0. The van der Waals surface area contributed by atoms with Crippen LogP contribution in [0.25, 0.3) is 0 Å². The predicted octanol–water partition coefficient (Wildman–Crippen LogP) is 4.47. The molecule has 0 spiro atoms.